The summed E-state index contributed by atoms with van der Waals surface area (Å²) in [4.78, 5) is 14.8. The number of rotatable bonds is 7. The molecule has 156 valence electrons. The standard InChI is InChI=1S/C23H28BrFN2O2/c1-27(15-16-3-8-22(29-2)21(24)13-16)23(28)14-20(18-9-11-26-12-10-18)17-4-6-19(25)7-5-17/h3-8,13,18,20,26H,9-12,14-15H2,1-2H3. The second-order valence-electron chi connectivity index (χ2n) is 7.67. The normalized spacial score (nSPS) is 15.7. The van der Waals surface area contributed by atoms with Crippen molar-refractivity contribution in [3.8, 4) is 5.75 Å². The van der Waals surface area contributed by atoms with Crippen molar-refractivity contribution >= 4 is 21.8 Å². The first kappa shape index (κ1) is 21.8. The van der Waals surface area contributed by atoms with E-state index >= 15 is 0 Å². The maximum atomic E-state index is 13.4. The molecular weight excluding hydrogens is 435 g/mol. The highest BCUT2D eigenvalue weighted by Gasteiger charge is 2.28. The van der Waals surface area contributed by atoms with E-state index in [0.717, 1.165) is 47.3 Å². The number of carbonyl (C=O) groups is 1. The molecule has 1 heterocycles. The number of amides is 1. The SMILES string of the molecule is COc1ccc(CN(C)C(=O)CC(c2ccc(F)cc2)C2CCNCC2)cc1Br. The highest BCUT2D eigenvalue weighted by Crippen LogP contribution is 2.34. The smallest absolute Gasteiger partial charge is 0.223 e. The van der Waals surface area contributed by atoms with Crippen LogP contribution in [0.3, 0.4) is 0 Å². The Bertz CT molecular complexity index is 822. The Balaban J connectivity index is 1.71. The number of benzene rings is 2. The molecule has 0 aromatic heterocycles. The van der Waals surface area contributed by atoms with E-state index in [4.69, 9.17) is 4.74 Å². The molecule has 0 saturated carbocycles. The third-order valence-corrected chi connectivity index (χ3v) is 6.33. The van der Waals surface area contributed by atoms with Crippen LogP contribution in [-0.2, 0) is 11.3 Å². The van der Waals surface area contributed by atoms with Crippen LogP contribution in [0.15, 0.2) is 46.9 Å². The number of carbonyl (C=O) groups excluding carboxylic acids is 1. The number of nitrogens with one attached hydrogen (secondary N) is 1. The van der Waals surface area contributed by atoms with Crippen LogP contribution in [-0.4, -0.2) is 38.1 Å². The molecule has 0 aliphatic carbocycles. The highest BCUT2D eigenvalue weighted by molar-refractivity contribution is 9.10. The third-order valence-electron chi connectivity index (χ3n) is 5.71. The van der Waals surface area contributed by atoms with E-state index in [-0.39, 0.29) is 17.6 Å². The molecule has 1 N–H and O–H groups in total. The lowest BCUT2D eigenvalue weighted by Gasteiger charge is -2.32. The lowest BCUT2D eigenvalue weighted by atomic mass is 9.78. The van der Waals surface area contributed by atoms with Crippen molar-refractivity contribution in [2.45, 2.75) is 31.7 Å². The molecule has 29 heavy (non-hydrogen) atoms. The van der Waals surface area contributed by atoms with E-state index in [1.165, 1.54) is 12.1 Å². The van der Waals surface area contributed by atoms with E-state index < -0.39 is 0 Å². The summed E-state index contributed by atoms with van der Waals surface area (Å²) in [5.41, 5.74) is 2.08. The zero-order valence-corrected chi connectivity index (χ0v) is 18.5. The molecule has 2 aromatic carbocycles. The van der Waals surface area contributed by atoms with Gasteiger partial charge in [-0.2, -0.15) is 0 Å². The summed E-state index contributed by atoms with van der Waals surface area (Å²) < 4.78 is 19.6. The van der Waals surface area contributed by atoms with Crippen molar-refractivity contribution in [3.05, 3.63) is 63.9 Å². The van der Waals surface area contributed by atoms with Gasteiger partial charge in [-0.3, -0.25) is 4.79 Å². The Labute approximate surface area is 180 Å². The van der Waals surface area contributed by atoms with Gasteiger partial charge in [-0.05, 0) is 89.1 Å². The van der Waals surface area contributed by atoms with E-state index in [1.807, 2.05) is 37.4 Å². The van der Waals surface area contributed by atoms with Gasteiger partial charge in [0.2, 0.25) is 5.91 Å². The van der Waals surface area contributed by atoms with Gasteiger partial charge in [-0.15, -0.1) is 0 Å². The van der Waals surface area contributed by atoms with Crippen molar-refractivity contribution in [1.82, 2.24) is 10.2 Å². The molecule has 1 saturated heterocycles. The maximum absolute atomic E-state index is 13.4. The number of halogens is 2. The Morgan fingerprint density at radius 2 is 1.93 bits per heavy atom. The Morgan fingerprint density at radius 1 is 1.24 bits per heavy atom. The predicted octanol–water partition coefficient (Wildman–Crippen LogP) is 4.73. The fraction of sp³-hybridized carbons (Fsp3) is 0.435. The largest absolute Gasteiger partial charge is 0.496 e. The van der Waals surface area contributed by atoms with Crippen molar-refractivity contribution in [2.75, 3.05) is 27.2 Å². The fourth-order valence-corrected chi connectivity index (χ4v) is 4.62. The first-order chi connectivity index (χ1) is 14.0. The molecule has 4 nitrogen and oxygen atoms in total. The second kappa shape index (κ2) is 10.2. The van der Waals surface area contributed by atoms with Crippen molar-refractivity contribution < 1.29 is 13.9 Å². The molecule has 6 heteroatoms. The number of ether oxygens (including phenoxy) is 1. The summed E-state index contributed by atoms with van der Waals surface area (Å²) in [5, 5.41) is 3.38. The topological polar surface area (TPSA) is 41.6 Å². The van der Waals surface area contributed by atoms with Crippen molar-refractivity contribution in [1.29, 1.82) is 0 Å². The van der Waals surface area contributed by atoms with Gasteiger partial charge in [0, 0.05) is 20.0 Å². The molecule has 3 rings (SSSR count). The molecule has 1 aliphatic rings. The maximum Gasteiger partial charge on any atom is 0.223 e. The molecular formula is C23H28BrFN2O2. The zero-order valence-electron chi connectivity index (χ0n) is 17.0. The molecule has 1 atom stereocenters. The lowest BCUT2D eigenvalue weighted by molar-refractivity contribution is -0.131. The first-order valence-corrected chi connectivity index (χ1v) is 10.8. The minimum atomic E-state index is -0.244. The molecule has 0 radical (unpaired) electrons. The summed E-state index contributed by atoms with van der Waals surface area (Å²) in [6.45, 7) is 2.46. The zero-order chi connectivity index (χ0) is 20.8. The van der Waals surface area contributed by atoms with Crippen molar-refractivity contribution in [2.24, 2.45) is 5.92 Å². The number of methoxy groups -OCH3 is 1. The molecule has 1 aliphatic heterocycles. The molecule has 1 unspecified atom stereocenters. The van der Waals surface area contributed by atoms with Gasteiger partial charge in [0.05, 0.1) is 11.6 Å². The van der Waals surface area contributed by atoms with Crippen LogP contribution < -0.4 is 10.1 Å². The van der Waals surface area contributed by atoms with E-state index in [2.05, 4.69) is 21.2 Å². The van der Waals surface area contributed by atoms with Crippen LogP contribution in [0.5, 0.6) is 5.75 Å². The monoisotopic (exact) mass is 462 g/mol. The highest BCUT2D eigenvalue weighted by atomic mass is 79.9. The fourth-order valence-electron chi connectivity index (χ4n) is 4.03. The average Bonchev–Trinajstić information content (AvgIpc) is 2.73. The summed E-state index contributed by atoms with van der Waals surface area (Å²) in [6, 6.07) is 12.5. The third kappa shape index (κ3) is 5.80. The Hall–Kier alpha value is -1.92. The first-order valence-electron chi connectivity index (χ1n) is 10.0. The van der Waals surface area contributed by atoms with Gasteiger partial charge < -0.3 is 15.0 Å². The van der Waals surface area contributed by atoms with Gasteiger partial charge in [0.1, 0.15) is 11.6 Å². The summed E-state index contributed by atoms with van der Waals surface area (Å²) in [5.74, 6) is 1.16. The summed E-state index contributed by atoms with van der Waals surface area (Å²) in [6.07, 6.45) is 2.50. The number of hydrogen-bond acceptors (Lipinski definition) is 3. The second-order valence-corrected chi connectivity index (χ2v) is 8.52. The Morgan fingerprint density at radius 3 is 2.55 bits per heavy atom. The van der Waals surface area contributed by atoms with Gasteiger partial charge in [0.15, 0.2) is 0 Å². The van der Waals surface area contributed by atoms with E-state index in [1.54, 1.807) is 12.0 Å². The molecule has 1 fully saturated rings. The lowest BCUT2D eigenvalue weighted by Crippen LogP contribution is -2.34. The van der Waals surface area contributed by atoms with E-state index in [9.17, 15) is 9.18 Å². The van der Waals surface area contributed by atoms with E-state index in [0.29, 0.717) is 18.9 Å². The van der Waals surface area contributed by atoms with Crippen LogP contribution in [0.4, 0.5) is 4.39 Å². The van der Waals surface area contributed by atoms with Gasteiger partial charge in [-0.1, -0.05) is 18.2 Å². The summed E-state index contributed by atoms with van der Waals surface area (Å²) in [7, 11) is 3.47. The minimum absolute atomic E-state index is 0.102. The van der Waals surface area contributed by atoms with Crippen LogP contribution in [0.2, 0.25) is 0 Å². The Kier molecular flexibility index (Phi) is 7.67. The quantitative estimate of drug-likeness (QED) is 0.646. The average molecular weight is 463 g/mol. The van der Waals surface area contributed by atoms with Crippen LogP contribution in [0.1, 0.15) is 36.3 Å². The molecule has 0 bridgehead atoms. The minimum Gasteiger partial charge on any atom is -0.496 e. The molecule has 1 amide bonds. The van der Waals surface area contributed by atoms with Gasteiger partial charge in [0.25, 0.3) is 0 Å². The molecule has 2 aromatic rings. The van der Waals surface area contributed by atoms with Crippen LogP contribution in [0.25, 0.3) is 0 Å². The van der Waals surface area contributed by atoms with Crippen LogP contribution >= 0.6 is 15.9 Å². The number of hydrogen-bond donors (Lipinski definition) is 1. The van der Waals surface area contributed by atoms with Crippen LogP contribution in [0, 0.1) is 11.7 Å². The predicted molar refractivity (Wildman–Crippen MR) is 117 cm³/mol. The number of nitrogens with zero attached hydrogens (tertiary/aromatic N) is 1. The van der Waals surface area contributed by atoms with Crippen molar-refractivity contribution in [3.63, 3.8) is 0 Å². The number of piperidine rings is 1. The molecule has 0 spiro atoms. The summed E-state index contributed by atoms with van der Waals surface area (Å²) >= 11 is 3.50. The van der Waals surface area contributed by atoms with Gasteiger partial charge >= 0.3 is 0 Å². The van der Waals surface area contributed by atoms with Gasteiger partial charge in [-0.25, -0.2) is 4.39 Å².